The molecule has 19 heavy (non-hydrogen) atoms. The van der Waals surface area contributed by atoms with E-state index in [1.54, 1.807) is 18.0 Å². The first-order valence-corrected chi connectivity index (χ1v) is 8.65. The van der Waals surface area contributed by atoms with E-state index in [9.17, 15) is 13.2 Å². The van der Waals surface area contributed by atoms with Crippen molar-refractivity contribution in [2.24, 2.45) is 0 Å². The number of hydrogen-bond donors (Lipinski definition) is 0. The van der Waals surface area contributed by atoms with E-state index in [0.29, 0.717) is 12.0 Å². The number of amides is 1. The SMILES string of the molecule is Cc1cc(C(=O)N(C)C2CCS(=O)(=O)C2)ccc1Br. The van der Waals surface area contributed by atoms with Crippen LogP contribution in [0.4, 0.5) is 0 Å². The van der Waals surface area contributed by atoms with Gasteiger partial charge in [0, 0.05) is 23.1 Å². The van der Waals surface area contributed by atoms with Gasteiger partial charge in [-0.3, -0.25) is 4.79 Å². The summed E-state index contributed by atoms with van der Waals surface area (Å²) in [6.07, 6.45) is 0.528. The molecule has 0 bridgehead atoms. The van der Waals surface area contributed by atoms with Gasteiger partial charge in [0.25, 0.3) is 5.91 Å². The van der Waals surface area contributed by atoms with E-state index in [1.165, 1.54) is 0 Å². The molecule has 1 aromatic rings. The molecular weight excluding hydrogens is 330 g/mol. The summed E-state index contributed by atoms with van der Waals surface area (Å²) in [7, 11) is -1.30. The minimum absolute atomic E-state index is 0.0742. The molecule has 1 atom stereocenters. The van der Waals surface area contributed by atoms with E-state index >= 15 is 0 Å². The first-order chi connectivity index (χ1) is 8.80. The predicted octanol–water partition coefficient (Wildman–Crippen LogP) is 2.02. The number of sulfone groups is 1. The molecule has 4 nitrogen and oxygen atoms in total. The number of aryl methyl sites for hydroxylation is 1. The predicted molar refractivity (Wildman–Crippen MR) is 78.0 cm³/mol. The van der Waals surface area contributed by atoms with Gasteiger partial charge in [-0.1, -0.05) is 15.9 Å². The van der Waals surface area contributed by atoms with Crippen LogP contribution >= 0.6 is 15.9 Å². The molecule has 1 fully saturated rings. The quantitative estimate of drug-likeness (QED) is 0.823. The zero-order chi connectivity index (χ0) is 14.2. The summed E-state index contributed by atoms with van der Waals surface area (Å²) in [4.78, 5) is 13.9. The lowest BCUT2D eigenvalue weighted by atomic mass is 10.1. The monoisotopic (exact) mass is 345 g/mol. The molecule has 0 aromatic heterocycles. The van der Waals surface area contributed by atoms with Crippen LogP contribution in [-0.2, 0) is 9.84 Å². The Hall–Kier alpha value is -0.880. The Morgan fingerprint density at radius 1 is 1.42 bits per heavy atom. The van der Waals surface area contributed by atoms with Crippen LogP contribution in [0.5, 0.6) is 0 Å². The first kappa shape index (κ1) is 14.5. The van der Waals surface area contributed by atoms with Gasteiger partial charge in [0.15, 0.2) is 9.84 Å². The molecule has 1 heterocycles. The molecule has 6 heteroatoms. The normalized spacial score (nSPS) is 21.3. The van der Waals surface area contributed by atoms with Gasteiger partial charge in [0.2, 0.25) is 0 Å². The van der Waals surface area contributed by atoms with E-state index in [4.69, 9.17) is 0 Å². The lowest BCUT2D eigenvalue weighted by Gasteiger charge is -2.23. The van der Waals surface area contributed by atoms with Crippen LogP contribution < -0.4 is 0 Å². The minimum Gasteiger partial charge on any atom is -0.338 e. The highest BCUT2D eigenvalue weighted by molar-refractivity contribution is 9.10. The largest absolute Gasteiger partial charge is 0.338 e. The Morgan fingerprint density at radius 3 is 2.63 bits per heavy atom. The molecule has 0 N–H and O–H groups in total. The molecule has 1 unspecified atom stereocenters. The van der Waals surface area contributed by atoms with Crippen LogP contribution in [0.1, 0.15) is 22.3 Å². The number of halogens is 1. The van der Waals surface area contributed by atoms with E-state index in [0.717, 1.165) is 10.0 Å². The maximum absolute atomic E-state index is 12.3. The van der Waals surface area contributed by atoms with Gasteiger partial charge in [0.05, 0.1) is 11.5 Å². The summed E-state index contributed by atoms with van der Waals surface area (Å²) in [5, 5.41) is 0. The molecular formula is C13H16BrNO3S. The minimum atomic E-state index is -2.97. The number of rotatable bonds is 2. The van der Waals surface area contributed by atoms with Crippen molar-refractivity contribution in [3.8, 4) is 0 Å². The summed E-state index contributed by atoms with van der Waals surface area (Å²) in [6, 6.07) is 5.19. The first-order valence-electron chi connectivity index (χ1n) is 6.04. The zero-order valence-corrected chi connectivity index (χ0v) is 13.3. The van der Waals surface area contributed by atoms with Gasteiger partial charge in [-0.05, 0) is 37.1 Å². The molecule has 1 aliphatic heterocycles. The molecule has 0 aliphatic carbocycles. The molecule has 104 valence electrons. The topological polar surface area (TPSA) is 54.5 Å². The summed E-state index contributed by atoms with van der Waals surface area (Å²) < 4.78 is 23.9. The standard InChI is InChI=1S/C13H16BrNO3S/c1-9-7-10(3-4-12(9)14)13(16)15(2)11-5-6-19(17,18)8-11/h3-4,7,11H,5-6,8H2,1-2H3. The number of benzene rings is 1. The van der Waals surface area contributed by atoms with Gasteiger partial charge in [0.1, 0.15) is 0 Å². The van der Waals surface area contributed by atoms with Crippen molar-refractivity contribution in [3.63, 3.8) is 0 Å². The molecule has 0 spiro atoms. The molecule has 1 saturated heterocycles. The van der Waals surface area contributed by atoms with Gasteiger partial charge >= 0.3 is 0 Å². The Balaban J connectivity index is 2.17. The maximum atomic E-state index is 12.3. The smallest absolute Gasteiger partial charge is 0.253 e. The van der Waals surface area contributed by atoms with E-state index in [2.05, 4.69) is 15.9 Å². The number of carbonyl (C=O) groups excluding carboxylic acids is 1. The summed E-state index contributed by atoms with van der Waals surface area (Å²) >= 11 is 3.39. The van der Waals surface area contributed by atoms with Crippen molar-refractivity contribution in [3.05, 3.63) is 33.8 Å². The Labute approximate surface area is 121 Å². The third-order valence-electron chi connectivity index (χ3n) is 3.48. The Bertz CT molecular complexity index is 612. The van der Waals surface area contributed by atoms with Crippen LogP contribution in [0, 0.1) is 6.92 Å². The van der Waals surface area contributed by atoms with E-state index in [1.807, 2.05) is 19.1 Å². The fraction of sp³-hybridized carbons (Fsp3) is 0.462. The fourth-order valence-electron chi connectivity index (χ4n) is 2.23. The van der Waals surface area contributed by atoms with Crippen LogP contribution in [-0.4, -0.2) is 43.8 Å². The van der Waals surface area contributed by atoms with Crippen molar-refractivity contribution in [2.45, 2.75) is 19.4 Å². The second-order valence-corrected chi connectivity index (χ2v) is 8.02. The van der Waals surface area contributed by atoms with Crippen LogP contribution in [0.25, 0.3) is 0 Å². The molecule has 2 rings (SSSR count). The fourth-order valence-corrected chi connectivity index (χ4v) is 4.25. The lowest BCUT2D eigenvalue weighted by molar-refractivity contribution is 0.0747. The molecule has 0 radical (unpaired) electrons. The molecule has 0 saturated carbocycles. The summed E-state index contributed by atoms with van der Waals surface area (Å²) in [5.74, 6) is 0.122. The molecule has 1 amide bonds. The maximum Gasteiger partial charge on any atom is 0.253 e. The average molecular weight is 346 g/mol. The number of carbonyl (C=O) groups is 1. The summed E-state index contributed by atoms with van der Waals surface area (Å²) in [5.41, 5.74) is 1.57. The van der Waals surface area contributed by atoms with Crippen molar-refractivity contribution in [1.82, 2.24) is 4.90 Å². The molecule has 1 aromatic carbocycles. The second kappa shape index (κ2) is 5.25. The van der Waals surface area contributed by atoms with E-state index in [-0.39, 0.29) is 23.5 Å². The van der Waals surface area contributed by atoms with Crippen molar-refractivity contribution < 1.29 is 13.2 Å². The zero-order valence-electron chi connectivity index (χ0n) is 10.9. The molecule has 1 aliphatic rings. The second-order valence-electron chi connectivity index (χ2n) is 4.94. The highest BCUT2D eigenvalue weighted by atomic mass is 79.9. The number of hydrogen-bond acceptors (Lipinski definition) is 3. The van der Waals surface area contributed by atoms with Gasteiger partial charge < -0.3 is 4.90 Å². The number of nitrogens with zero attached hydrogens (tertiary/aromatic N) is 1. The highest BCUT2D eigenvalue weighted by Gasteiger charge is 2.33. The Morgan fingerprint density at radius 2 is 2.11 bits per heavy atom. The van der Waals surface area contributed by atoms with Crippen LogP contribution in [0.3, 0.4) is 0 Å². The van der Waals surface area contributed by atoms with Gasteiger partial charge in [-0.25, -0.2) is 8.42 Å². The highest BCUT2D eigenvalue weighted by Crippen LogP contribution is 2.21. The van der Waals surface area contributed by atoms with Gasteiger partial charge in [-0.2, -0.15) is 0 Å². The summed E-state index contributed by atoms with van der Waals surface area (Å²) in [6.45, 7) is 1.92. The van der Waals surface area contributed by atoms with Gasteiger partial charge in [-0.15, -0.1) is 0 Å². The third kappa shape index (κ3) is 3.17. The van der Waals surface area contributed by atoms with Crippen molar-refractivity contribution in [1.29, 1.82) is 0 Å². The van der Waals surface area contributed by atoms with E-state index < -0.39 is 9.84 Å². The van der Waals surface area contributed by atoms with Crippen LogP contribution in [0.2, 0.25) is 0 Å². The Kier molecular flexibility index (Phi) is 4.01. The third-order valence-corrected chi connectivity index (χ3v) is 6.12. The lowest BCUT2D eigenvalue weighted by Crippen LogP contribution is -2.37. The average Bonchev–Trinajstić information content (AvgIpc) is 2.71. The van der Waals surface area contributed by atoms with Crippen molar-refractivity contribution >= 4 is 31.7 Å². The van der Waals surface area contributed by atoms with Crippen molar-refractivity contribution in [2.75, 3.05) is 18.6 Å². The van der Waals surface area contributed by atoms with Crippen LogP contribution in [0.15, 0.2) is 22.7 Å².